The second-order valence-corrected chi connectivity index (χ2v) is 4.33. The van der Waals surface area contributed by atoms with Crippen LogP contribution in [-0.4, -0.2) is 19.3 Å². The number of esters is 1. The van der Waals surface area contributed by atoms with Crippen molar-refractivity contribution in [1.29, 1.82) is 0 Å². The van der Waals surface area contributed by atoms with Crippen molar-refractivity contribution in [2.45, 2.75) is 0 Å². The molecule has 0 unspecified atom stereocenters. The summed E-state index contributed by atoms with van der Waals surface area (Å²) in [5.74, 6) is -6.76. The molecule has 0 fully saturated rings. The summed E-state index contributed by atoms with van der Waals surface area (Å²) in [5, 5.41) is 3.51. The van der Waals surface area contributed by atoms with E-state index in [1.807, 2.05) is 5.43 Å². The van der Waals surface area contributed by atoms with E-state index in [4.69, 9.17) is 0 Å². The molecule has 4 nitrogen and oxygen atoms in total. The van der Waals surface area contributed by atoms with Crippen LogP contribution in [0.5, 0.6) is 0 Å². The van der Waals surface area contributed by atoms with Crippen LogP contribution in [0.1, 0.15) is 15.9 Å². The predicted octanol–water partition coefficient (Wildman–Crippen LogP) is 3.48. The minimum Gasteiger partial charge on any atom is -0.465 e. The monoisotopic (exact) mass is 326 g/mol. The van der Waals surface area contributed by atoms with Crippen molar-refractivity contribution in [1.82, 2.24) is 0 Å². The summed E-state index contributed by atoms with van der Waals surface area (Å²) in [6.45, 7) is 0. The number of ether oxygens (including phenoxy) is 1. The van der Waals surface area contributed by atoms with Crippen LogP contribution >= 0.6 is 0 Å². The van der Waals surface area contributed by atoms with Crippen molar-refractivity contribution in [3.8, 4) is 0 Å². The van der Waals surface area contributed by atoms with Gasteiger partial charge in [0.2, 0.25) is 0 Å². The lowest BCUT2D eigenvalue weighted by Gasteiger charge is -2.05. The molecule has 0 aliphatic carbocycles. The van der Waals surface area contributed by atoms with E-state index in [9.17, 15) is 22.4 Å². The Morgan fingerprint density at radius 3 is 2.17 bits per heavy atom. The topological polar surface area (TPSA) is 50.7 Å². The highest BCUT2D eigenvalue weighted by Gasteiger charge is 2.18. The third-order valence-electron chi connectivity index (χ3n) is 2.83. The van der Waals surface area contributed by atoms with Crippen molar-refractivity contribution >= 4 is 17.9 Å². The van der Waals surface area contributed by atoms with E-state index in [0.717, 1.165) is 6.21 Å². The highest BCUT2D eigenvalue weighted by Crippen LogP contribution is 2.23. The van der Waals surface area contributed by atoms with Gasteiger partial charge in [0.1, 0.15) is 5.69 Å². The fourth-order valence-electron chi connectivity index (χ4n) is 1.67. The van der Waals surface area contributed by atoms with E-state index >= 15 is 0 Å². The number of methoxy groups -OCH3 is 1. The predicted molar refractivity (Wildman–Crippen MR) is 75.3 cm³/mol. The smallest absolute Gasteiger partial charge is 0.337 e. The van der Waals surface area contributed by atoms with Crippen molar-refractivity contribution in [2.24, 2.45) is 5.10 Å². The average molecular weight is 326 g/mol. The molecule has 2 rings (SSSR count). The van der Waals surface area contributed by atoms with Crippen LogP contribution in [0.3, 0.4) is 0 Å². The van der Waals surface area contributed by atoms with E-state index in [0.29, 0.717) is 11.1 Å². The van der Waals surface area contributed by atoms with Gasteiger partial charge in [0.15, 0.2) is 23.3 Å². The number of carbonyl (C=O) groups is 1. The summed E-state index contributed by atoms with van der Waals surface area (Å²) in [5.41, 5.74) is 1.65. The normalized spacial score (nSPS) is 10.8. The molecule has 8 heteroatoms. The lowest BCUT2D eigenvalue weighted by Crippen LogP contribution is -2.03. The largest absolute Gasteiger partial charge is 0.465 e. The van der Waals surface area contributed by atoms with Crippen LogP contribution in [0, 0.1) is 23.3 Å². The van der Waals surface area contributed by atoms with Gasteiger partial charge in [0, 0.05) is 6.07 Å². The number of carbonyl (C=O) groups excluding carboxylic acids is 1. The third-order valence-corrected chi connectivity index (χ3v) is 2.83. The molecule has 2 aromatic rings. The molecule has 2 aromatic carbocycles. The first-order chi connectivity index (χ1) is 10.9. The lowest BCUT2D eigenvalue weighted by atomic mass is 10.1. The molecule has 0 bridgehead atoms. The fraction of sp³-hybridized carbons (Fsp3) is 0.0667. The summed E-state index contributed by atoms with van der Waals surface area (Å²) in [6, 6.07) is 6.00. The summed E-state index contributed by atoms with van der Waals surface area (Å²) >= 11 is 0. The Bertz CT molecular complexity index is 735. The number of hydrazone groups is 1. The summed E-state index contributed by atoms with van der Waals surface area (Å²) in [6.07, 6.45) is 1.16. The van der Waals surface area contributed by atoms with Gasteiger partial charge in [0.05, 0.1) is 18.9 Å². The minimum absolute atomic E-state index is 0.102. The van der Waals surface area contributed by atoms with Crippen molar-refractivity contribution in [2.75, 3.05) is 12.5 Å². The quantitative estimate of drug-likeness (QED) is 0.308. The van der Waals surface area contributed by atoms with E-state index in [1.54, 1.807) is 0 Å². The molecule has 0 amide bonds. The second kappa shape index (κ2) is 6.91. The molecule has 0 saturated carbocycles. The maximum Gasteiger partial charge on any atom is 0.337 e. The Labute approximate surface area is 128 Å². The molecule has 0 aliphatic heterocycles. The van der Waals surface area contributed by atoms with E-state index in [2.05, 4.69) is 9.84 Å². The molecule has 0 aromatic heterocycles. The van der Waals surface area contributed by atoms with Crippen LogP contribution in [0.4, 0.5) is 23.2 Å². The Morgan fingerprint density at radius 1 is 1.09 bits per heavy atom. The molecule has 0 spiro atoms. The van der Waals surface area contributed by atoms with E-state index in [-0.39, 0.29) is 6.07 Å². The average Bonchev–Trinajstić information content (AvgIpc) is 2.56. The SMILES string of the molecule is COC(=O)c1ccc(C=NNc2c(F)c(F)cc(F)c2F)cc1. The molecular weight excluding hydrogens is 316 g/mol. The molecule has 0 radical (unpaired) electrons. The number of rotatable bonds is 4. The fourth-order valence-corrected chi connectivity index (χ4v) is 1.67. The summed E-state index contributed by atoms with van der Waals surface area (Å²) < 4.78 is 57.3. The molecular formula is C15H10F4N2O2. The van der Waals surface area contributed by atoms with Crippen LogP contribution in [0.15, 0.2) is 35.4 Å². The number of hydrogen-bond acceptors (Lipinski definition) is 4. The van der Waals surface area contributed by atoms with Crippen molar-refractivity contribution < 1.29 is 27.1 Å². The first-order valence-electron chi connectivity index (χ1n) is 6.24. The highest BCUT2D eigenvalue weighted by molar-refractivity contribution is 5.90. The number of nitrogens with zero attached hydrogens (tertiary/aromatic N) is 1. The zero-order valence-electron chi connectivity index (χ0n) is 11.7. The van der Waals surface area contributed by atoms with Gasteiger partial charge >= 0.3 is 5.97 Å². The Morgan fingerprint density at radius 2 is 1.65 bits per heavy atom. The first kappa shape index (κ1) is 16.5. The van der Waals surface area contributed by atoms with Gasteiger partial charge in [-0.3, -0.25) is 5.43 Å². The lowest BCUT2D eigenvalue weighted by molar-refractivity contribution is 0.0600. The maximum absolute atomic E-state index is 13.4. The van der Waals surface area contributed by atoms with Crippen LogP contribution in [0.25, 0.3) is 0 Å². The van der Waals surface area contributed by atoms with Crippen molar-refractivity contribution in [3.63, 3.8) is 0 Å². The Balaban J connectivity index is 2.15. The van der Waals surface area contributed by atoms with Crippen LogP contribution in [0.2, 0.25) is 0 Å². The number of benzene rings is 2. The number of hydrogen-bond donors (Lipinski definition) is 1. The van der Waals surface area contributed by atoms with Gasteiger partial charge in [-0.25, -0.2) is 22.4 Å². The number of anilines is 1. The van der Waals surface area contributed by atoms with Crippen molar-refractivity contribution in [3.05, 3.63) is 64.7 Å². The van der Waals surface area contributed by atoms with Crippen LogP contribution < -0.4 is 5.43 Å². The molecule has 23 heavy (non-hydrogen) atoms. The van der Waals surface area contributed by atoms with Gasteiger partial charge < -0.3 is 4.74 Å². The molecule has 1 N–H and O–H groups in total. The first-order valence-corrected chi connectivity index (χ1v) is 6.24. The number of halogens is 4. The Hall–Kier alpha value is -2.90. The van der Waals surface area contributed by atoms with E-state index < -0.39 is 34.9 Å². The molecule has 0 saturated heterocycles. The van der Waals surface area contributed by atoms with E-state index in [1.165, 1.54) is 31.4 Å². The summed E-state index contributed by atoms with van der Waals surface area (Å²) in [4.78, 5) is 11.2. The van der Waals surface area contributed by atoms with Gasteiger partial charge in [-0.1, -0.05) is 12.1 Å². The molecule has 0 atom stereocenters. The standard InChI is InChI=1S/C15H10F4N2O2/c1-23-15(22)9-4-2-8(3-5-9)7-20-21-14-12(18)10(16)6-11(17)13(14)19/h2-7,21H,1H3. The molecule has 120 valence electrons. The van der Waals surface area contributed by atoms with Crippen LogP contribution in [-0.2, 0) is 4.74 Å². The number of nitrogens with one attached hydrogen (secondary N) is 1. The molecule has 0 heterocycles. The third kappa shape index (κ3) is 3.65. The van der Waals surface area contributed by atoms with Gasteiger partial charge in [-0.2, -0.15) is 5.10 Å². The van der Waals surface area contributed by atoms with Gasteiger partial charge in [0.25, 0.3) is 0 Å². The maximum atomic E-state index is 13.4. The van der Waals surface area contributed by atoms with Gasteiger partial charge in [-0.05, 0) is 17.7 Å². The zero-order valence-corrected chi connectivity index (χ0v) is 11.7. The van der Waals surface area contributed by atoms with Gasteiger partial charge in [-0.15, -0.1) is 0 Å². The second-order valence-electron chi connectivity index (χ2n) is 4.33. The Kier molecular flexibility index (Phi) is 4.95. The highest BCUT2D eigenvalue weighted by atomic mass is 19.2. The zero-order chi connectivity index (χ0) is 17.0. The summed E-state index contributed by atoms with van der Waals surface area (Å²) in [7, 11) is 1.24. The molecule has 0 aliphatic rings. The minimum atomic E-state index is -1.58.